The highest BCUT2D eigenvalue weighted by atomic mass is 35.5. The van der Waals surface area contributed by atoms with Gasteiger partial charge in [0, 0.05) is 11.4 Å². The highest BCUT2D eigenvalue weighted by molar-refractivity contribution is 6.30. The number of nitrogens with zero attached hydrogens (tertiary/aromatic N) is 2. The smallest absolute Gasteiger partial charge is 0.0924 e. The van der Waals surface area contributed by atoms with Gasteiger partial charge in [-0.3, -0.25) is 0 Å². The molecule has 0 aliphatic rings. The molecule has 15 heavy (non-hydrogen) atoms. The summed E-state index contributed by atoms with van der Waals surface area (Å²) in [5.41, 5.74) is 1.64. The van der Waals surface area contributed by atoms with Crippen molar-refractivity contribution in [2.75, 3.05) is 0 Å². The van der Waals surface area contributed by atoms with Crippen LogP contribution in [-0.2, 0) is 0 Å². The summed E-state index contributed by atoms with van der Waals surface area (Å²) < 4.78 is 0. The number of rotatable bonds is 3. The number of oxime groups is 2. The molecular formula is C10H11ClN2O2. The van der Waals surface area contributed by atoms with Gasteiger partial charge in [-0.05, 0) is 24.6 Å². The molecule has 80 valence electrons. The second kappa shape index (κ2) is 5.36. The summed E-state index contributed by atoms with van der Waals surface area (Å²) in [6, 6.07) is 6.88. The highest BCUT2D eigenvalue weighted by Gasteiger charge is 2.06. The maximum atomic E-state index is 8.81. The van der Waals surface area contributed by atoms with Gasteiger partial charge in [-0.25, -0.2) is 0 Å². The first kappa shape index (κ1) is 11.5. The number of halogens is 1. The van der Waals surface area contributed by atoms with Crippen molar-refractivity contribution < 1.29 is 10.4 Å². The van der Waals surface area contributed by atoms with E-state index < -0.39 is 0 Å². The molecule has 0 aromatic heterocycles. The van der Waals surface area contributed by atoms with Gasteiger partial charge in [0.05, 0.1) is 11.4 Å². The van der Waals surface area contributed by atoms with E-state index in [1.165, 1.54) is 0 Å². The predicted octanol–water partition coefficient (Wildman–Crippen LogP) is 2.76. The molecule has 0 spiro atoms. The maximum absolute atomic E-state index is 8.81. The van der Waals surface area contributed by atoms with Crippen LogP contribution in [0.5, 0.6) is 0 Å². The SMILES string of the molecule is C/C(C/C(=N/O)c1ccc(Cl)cc1)=N\O. The molecule has 0 aliphatic carbocycles. The second-order valence-corrected chi connectivity index (χ2v) is 3.50. The Labute approximate surface area is 92.5 Å². The summed E-state index contributed by atoms with van der Waals surface area (Å²) in [5.74, 6) is 0. The lowest BCUT2D eigenvalue weighted by Crippen LogP contribution is -2.06. The van der Waals surface area contributed by atoms with Gasteiger partial charge in [-0.15, -0.1) is 0 Å². The topological polar surface area (TPSA) is 65.2 Å². The molecule has 0 bridgehead atoms. The molecule has 0 unspecified atom stereocenters. The molecule has 1 aromatic carbocycles. The Morgan fingerprint density at radius 3 is 2.27 bits per heavy atom. The average Bonchev–Trinajstić information content (AvgIpc) is 2.27. The van der Waals surface area contributed by atoms with E-state index in [1.807, 2.05) is 0 Å². The van der Waals surface area contributed by atoms with Gasteiger partial charge < -0.3 is 10.4 Å². The summed E-state index contributed by atoms with van der Waals surface area (Å²) in [5, 5.41) is 24.1. The van der Waals surface area contributed by atoms with Crippen LogP contribution in [0.25, 0.3) is 0 Å². The summed E-state index contributed by atoms with van der Waals surface area (Å²) in [7, 11) is 0. The molecule has 0 saturated heterocycles. The van der Waals surface area contributed by atoms with E-state index in [1.54, 1.807) is 31.2 Å². The zero-order valence-electron chi connectivity index (χ0n) is 8.18. The number of benzene rings is 1. The van der Waals surface area contributed by atoms with E-state index in [9.17, 15) is 0 Å². The van der Waals surface area contributed by atoms with Gasteiger partial charge in [0.2, 0.25) is 0 Å². The van der Waals surface area contributed by atoms with Crippen molar-refractivity contribution in [1.29, 1.82) is 0 Å². The Balaban J connectivity index is 2.89. The van der Waals surface area contributed by atoms with Crippen LogP contribution in [0.1, 0.15) is 18.9 Å². The molecule has 5 heteroatoms. The molecule has 1 aromatic rings. The molecule has 0 aliphatic heterocycles. The summed E-state index contributed by atoms with van der Waals surface area (Å²) in [6.45, 7) is 1.64. The van der Waals surface area contributed by atoms with Gasteiger partial charge in [-0.1, -0.05) is 34.0 Å². The maximum Gasteiger partial charge on any atom is 0.0924 e. The van der Waals surface area contributed by atoms with Crippen molar-refractivity contribution in [2.45, 2.75) is 13.3 Å². The zero-order valence-corrected chi connectivity index (χ0v) is 8.94. The fraction of sp³-hybridized carbons (Fsp3) is 0.200. The third kappa shape index (κ3) is 3.25. The van der Waals surface area contributed by atoms with Crippen LogP contribution in [0.2, 0.25) is 5.02 Å². The van der Waals surface area contributed by atoms with Crippen molar-refractivity contribution in [3.63, 3.8) is 0 Å². The highest BCUT2D eigenvalue weighted by Crippen LogP contribution is 2.12. The van der Waals surface area contributed by atoms with Crippen molar-refractivity contribution >= 4 is 23.0 Å². The number of hydrogen-bond acceptors (Lipinski definition) is 4. The van der Waals surface area contributed by atoms with Gasteiger partial charge in [0.25, 0.3) is 0 Å². The molecule has 4 nitrogen and oxygen atoms in total. The minimum atomic E-state index is 0.286. The van der Waals surface area contributed by atoms with Gasteiger partial charge in [0.15, 0.2) is 0 Å². The van der Waals surface area contributed by atoms with Crippen molar-refractivity contribution in [1.82, 2.24) is 0 Å². The van der Waals surface area contributed by atoms with E-state index in [-0.39, 0.29) is 6.42 Å². The van der Waals surface area contributed by atoms with E-state index >= 15 is 0 Å². The van der Waals surface area contributed by atoms with Gasteiger partial charge >= 0.3 is 0 Å². The van der Waals surface area contributed by atoms with Gasteiger partial charge in [0.1, 0.15) is 0 Å². The molecule has 0 saturated carbocycles. The third-order valence-electron chi connectivity index (χ3n) is 1.89. The van der Waals surface area contributed by atoms with Gasteiger partial charge in [-0.2, -0.15) is 0 Å². The van der Waals surface area contributed by atoms with Crippen molar-refractivity contribution in [2.24, 2.45) is 10.3 Å². The Morgan fingerprint density at radius 1 is 1.20 bits per heavy atom. The zero-order chi connectivity index (χ0) is 11.3. The first-order valence-electron chi connectivity index (χ1n) is 4.31. The second-order valence-electron chi connectivity index (χ2n) is 3.07. The molecule has 0 radical (unpaired) electrons. The Kier molecular flexibility index (Phi) is 4.12. The molecule has 2 N–H and O–H groups in total. The lowest BCUT2D eigenvalue weighted by molar-refractivity contribution is 0.315. The van der Waals surface area contributed by atoms with Crippen LogP contribution < -0.4 is 0 Å². The average molecular weight is 227 g/mol. The fourth-order valence-corrected chi connectivity index (χ4v) is 1.24. The molecule has 0 amide bonds. The lowest BCUT2D eigenvalue weighted by atomic mass is 10.1. The summed E-state index contributed by atoms with van der Waals surface area (Å²) >= 11 is 5.73. The molecule has 1 rings (SSSR count). The van der Waals surface area contributed by atoms with Crippen LogP contribution in [0.15, 0.2) is 34.6 Å². The number of hydrogen-bond donors (Lipinski definition) is 2. The summed E-state index contributed by atoms with van der Waals surface area (Å²) in [4.78, 5) is 0. The Bertz CT molecular complexity index is 385. The normalized spacial score (nSPS) is 12.9. The lowest BCUT2D eigenvalue weighted by Gasteiger charge is -2.03. The van der Waals surface area contributed by atoms with Crippen LogP contribution in [0, 0.1) is 0 Å². The van der Waals surface area contributed by atoms with Crippen molar-refractivity contribution in [3.05, 3.63) is 34.9 Å². The Morgan fingerprint density at radius 2 is 1.80 bits per heavy atom. The molecule has 0 atom stereocenters. The summed E-state index contributed by atoms with van der Waals surface area (Å²) in [6.07, 6.45) is 0.286. The molecule has 0 heterocycles. The van der Waals surface area contributed by atoms with E-state index in [4.69, 9.17) is 22.0 Å². The Hall–Kier alpha value is -1.55. The predicted molar refractivity (Wildman–Crippen MR) is 59.3 cm³/mol. The van der Waals surface area contributed by atoms with E-state index in [0.29, 0.717) is 16.4 Å². The fourth-order valence-electron chi connectivity index (χ4n) is 1.12. The minimum Gasteiger partial charge on any atom is -0.411 e. The first-order valence-corrected chi connectivity index (χ1v) is 4.69. The quantitative estimate of drug-likeness (QED) is 0.473. The van der Waals surface area contributed by atoms with Crippen LogP contribution >= 0.6 is 11.6 Å². The van der Waals surface area contributed by atoms with Crippen LogP contribution in [0.3, 0.4) is 0 Å². The van der Waals surface area contributed by atoms with Crippen molar-refractivity contribution in [3.8, 4) is 0 Å². The standard InChI is InChI=1S/C10H11ClN2O2/c1-7(12-14)6-10(13-15)8-2-4-9(11)5-3-8/h2-5,14-15H,6H2,1H3/b12-7+,13-10-. The third-order valence-corrected chi connectivity index (χ3v) is 2.14. The molecule has 0 fully saturated rings. The largest absolute Gasteiger partial charge is 0.411 e. The van der Waals surface area contributed by atoms with E-state index in [0.717, 1.165) is 5.56 Å². The van der Waals surface area contributed by atoms with E-state index in [2.05, 4.69) is 10.3 Å². The minimum absolute atomic E-state index is 0.286. The van der Waals surface area contributed by atoms with Crippen LogP contribution in [-0.4, -0.2) is 21.8 Å². The van der Waals surface area contributed by atoms with Crippen LogP contribution in [0.4, 0.5) is 0 Å². The molecular weight excluding hydrogens is 216 g/mol. The monoisotopic (exact) mass is 226 g/mol. The first-order chi connectivity index (χ1) is 7.17.